The fourth-order valence-electron chi connectivity index (χ4n) is 1.09. The molecule has 1 heterocycles. The van der Waals surface area contributed by atoms with Crippen molar-refractivity contribution < 1.29 is 0 Å². The highest BCUT2D eigenvalue weighted by Crippen LogP contribution is 2.22. The summed E-state index contributed by atoms with van der Waals surface area (Å²) in [6.07, 6.45) is 1.13. The highest BCUT2D eigenvalue weighted by Gasteiger charge is 2.06. The van der Waals surface area contributed by atoms with Crippen LogP contribution in [0.15, 0.2) is 0 Å². The molecular formula is C10H20N4S2. The summed E-state index contributed by atoms with van der Waals surface area (Å²) in [4.78, 5) is 2.20. The van der Waals surface area contributed by atoms with Crippen LogP contribution in [0.4, 0.5) is 5.00 Å². The van der Waals surface area contributed by atoms with Gasteiger partial charge >= 0.3 is 0 Å². The highest BCUT2D eigenvalue weighted by molar-refractivity contribution is 7.98. The van der Waals surface area contributed by atoms with Crippen LogP contribution in [0, 0.1) is 0 Å². The van der Waals surface area contributed by atoms with Gasteiger partial charge in [-0.05, 0) is 20.5 Å². The zero-order chi connectivity index (χ0) is 11.8. The molecule has 92 valence electrons. The van der Waals surface area contributed by atoms with E-state index in [0.717, 1.165) is 41.7 Å². The predicted octanol–water partition coefficient (Wildman–Crippen LogP) is 2.15. The standard InChI is InChI=1S/C10H20N4S2/c1-4-5-11-10-9(12-13-16-10)8-15-7-6-14(2)3/h11H,4-8H2,1-3H3. The lowest BCUT2D eigenvalue weighted by Gasteiger charge is -2.08. The molecule has 0 saturated carbocycles. The zero-order valence-electron chi connectivity index (χ0n) is 10.2. The zero-order valence-corrected chi connectivity index (χ0v) is 11.8. The summed E-state index contributed by atoms with van der Waals surface area (Å²) in [5.41, 5.74) is 1.10. The number of rotatable bonds is 8. The fraction of sp³-hybridized carbons (Fsp3) is 0.800. The van der Waals surface area contributed by atoms with Gasteiger partial charge in [0.2, 0.25) is 0 Å². The molecule has 0 saturated heterocycles. The number of nitrogens with zero attached hydrogens (tertiary/aromatic N) is 3. The molecule has 4 nitrogen and oxygen atoms in total. The van der Waals surface area contributed by atoms with Gasteiger partial charge in [-0.1, -0.05) is 11.4 Å². The van der Waals surface area contributed by atoms with Gasteiger partial charge in [0.15, 0.2) is 0 Å². The molecule has 0 aliphatic heterocycles. The normalized spacial score (nSPS) is 11.0. The van der Waals surface area contributed by atoms with Gasteiger partial charge in [-0.15, -0.1) is 5.10 Å². The quantitative estimate of drug-likeness (QED) is 0.725. The molecule has 0 aliphatic rings. The largest absolute Gasteiger partial charge is 0.374 e. The van der Waals surface area contributed by atoms with Crippen LogP contribution in [-0.4, -0.2) is 47.4 Å². The smallest absolute Gasteiger partial charge is 0.134 e. The first-order valence-electron chi connectivity index (χ1n) is 5.51. The van der Waals surface area contributed by atoms with Gasteiger partial charge in [0.05, 0.1) is 0 Å². The van der Waals surface area contributed by atoms with E-state index in [2.05, 4.69) is 40.8 Å². The van der Waals surface area contributed by atoms with E-state index in [0.29, 0.717) is 0 Å². The second-order valence-corrected chi connectivity index (χ2v) is 5.69. The van der Waals surface area contributed by atoms with Gasteiger partial charge in [-0.25, -0.2) is 0 Å². The van der Waals surface area contributed by atoms with E-state index in [-0.39, 0.29) is 0 Å². The Balaban J connectivity index is 2.27. The summed E-state index contributed by atoms with van der Waals surface area (Å²) in [5.74, 6) is 2.09. The van der Waals surface area contributed by atoms with Crippen molar-refractivity contribution in [3.63, 3.8) is 0 Å². The first-order chi connectivity index (χ1) is 7.74. The highest BCUT2D eigenvalue weighted by atomic mass is 32.2. The Morgan fingerprint density at radius 1 is 1.44 bits per heavy atom. The molecule has 0 atom stereocenters. The van der Waals surface area contributed by atoms with Crippen molar-refractivity contribution >= 4 is 28.3 Å². The van der Waals surface area contributed by atoms with E-state index in [4.69, 9.17) is 0 Å². The monoisotopic (exact) mass is 260 g/mol. The van der Waals surface area contributed by atoms with E-state index in [1.54, 1.807) is 0 Å². The Labute approximate surface area is 106 Å². The maximum Gasteiger partial charge on any atom is 0.134 e. The molecular weight excluding hydrogens is 240 g/mol. The summed E-state index contributed by atoms with van der Waals surface area (Å²) in [6, 6.07) is 0. The summed E-state index contributed by atoms with van der Waals surface area (Å²) in [6.45, 7) is 4.27. The number of hydrogen-bond acceptors (Lipinski definition) is 6. The van der Waals surface area contributed by atoms with Crippen molar-refractivity contribution in [2.45, 2.75) is 19.1 Å². The lowest BCUT2D eigenvalue weighted by Crippen LogP contribution is -2.14. The van der Waals surface area contributed by atoms with Crippen LogP contribution in [0.5, 0.6) is 0 Å². The molecule has 0 aliphatic carbocycles. The van der Waals surface area contributed by atoms with E-state index >= 15 is 0 Å². The van der Waals surface area contributed by atoms with Crippen LogP contribution in [0.2, 0.25) is 0 Å². The van der Waals surface area contributed by atoms with Gasteiger partial charge < -0.3 is 10.2 Å². The van der Waals surface area contributed by atoms with Crippen LogP contribution >= 0.6 is 23.3 Å². The molecule has 16 heavy (non-hydrogen) atoms. The summed E-state index contributed by atoms with van der Waals surface area (Å²) in [7, 11) is 4.19. The average molecular weight is 260 g/mol. The van der Waals surface area contributed by atoms with Gasteiger partial charge in [0, 0.05) is 36.1 Å². The van der Waals surface area contributed by atoms with Crippen molar-refractivity contribution in [2.24, 2.45) is 0 Å². The van der Waals surface area contributed by atoms with Crippen LogP contribution in [0.1, 0.15) is 19.0 Å². The van der Waals surface area contributed by atoms with Crippen molar-refractivity contribution in [2.75, 3.05) is 38.3 Å². The topological polar surface area (TPSA) is 41.1 Å². The Morgan fingerprint density at radius 2 is 2.25 bits per heavy atom. The Hall–Kier alpha value is -0.330. The number of thioether (sulfide) groups is 1. The number of anilines is 1. The van der Waals surface area contributed by atoms with E-state index in [1.165, 1.54) is 11.5 Å². The second kappa shape index (κ2) is 7.86. The SMILES string of the molecule is CCCNc1snnc1CSCCN(C)C. The molecule has 0 radical (unpaired) electrons. The molecule has 0 bridgehead atoms. The Morgan fingerprint density at radius 3 is 2.94 bits per heavy atom. The number of nitrogens with one attached hydrogen (secondary N) is 1. The Bertz CT molecular complexity index is 288. The third-order valence-corrected chi connectivity index (χ3v) is 3.69. The molecule has 1 aromatic rings. The number of aromatic nitrogens is 2. The predicted molar refractivity (Wildman–Crippen MR) is 73.4 cm³/mol. The van der Waals surface area contributed by atoms with Crippen molar-refractivity contribution in [1.82, 2.24) is 14.5 Å². The van der Waals surface area contributed by atoms with Crippen LogP contribution < -0.4 is 5.32 Å². The van der Waals surface area contributed by atoms with Gasteiger partial charge in [-0.3, -0.25) is 0 Å². The van der Waals surface area contributed by atoms with Gasteiger partial charge in [0.1, 0.15) is 10.7 Å². The average Bonchev–Trinajstić information content (AvgIpc) is 2.69. The Kier molecular flexibility index (Phi) is 6.75. The minimum Gasteiger partial charge on any atom is -0.374 e. The van der Waals surface area contributed by atoms with Crippen molar-refractivity contribution in [1.29, 1.82) is 0 Å². The van der Waals surface area contributed by atoms with Crippen LogP contribution in [-0.2, 0) is 5.75 Å². The molecule has 1 N–H and O–H groups in total. The third kappa shape index (κ3) is 5.14. The molecule has 6 heteroatoms. The lowest BCUT2D eigenvalue weighted by molar-refractivity contribution is 0.437. The summed E-state index contributed by atoms with van der Waals surface area (Å²) >= 11 is 3.37. The molecule has 0 unspecified atom stereocenters. The van der Waals surface area contributed by atoms with Gasteiger partial charge in [-0.2, -0.15) is 11.8 Å². The summed E-state index contributed by atoms with van der Waals surface area (Å²) in [5, 5.41) is 8.66. The van der Waals surface area contributed by atoms with E-state index in [9.17, 15) is 0 Å². The first kappa shape index (κ1) is 13.7. The summed E-state index contributed by atoms with van der Waals surface area (Å²) < 4.78 is 3.99. The van der Waals surface area contributed by atoms with Crippen molar-refractivity contribution in [3.8, 4) is 0 Å². The molecule has 1 aromatic heterocycles. The molecule has 0 aromatic carbocycles. The maximum atomic E-state index is 4.16. The van der Waals surface area contributed by atoms with Gasteiger partial charge in [0.25, 0.3) is 0 Å². The van der Waals surface area contributed by atoms with E-state index < -0.39 is 0 Å². The fourth-order valence-corrected chi connectivity index (χ4v) is 2.82. The molecule has 0 amide bonds. The first-order valence-corrected chi connectivity index (χ1v) is 7.44. The molecule has 0 fully saturated rings. The van der Waals surface area contributed by atoms with Crippen molar-refractivity contribution in [3.05, 3.63) is 5.69 Å². The minimum absolute atomic E-state index is 0.955. The maximum absolute atomic E-state index is 4.16. The van der Waals surface area contributed by atoms with E-state index in [1.807, 2.05) is 11.8 Å². The molecule has 0 spiro atoms. The second-order valence-electron chi connectivity index (χ2n) is 3.83. The number of hydrogen-bond donors (Lipinski definition) is 1. The minimum atomic E-state index is 0.955. The lowest BCUT2D eigenvalue weighted by atomic mass is 10.4. The van der Waals surface area contributed by atoms with Crippen LogP contribution in [0.25, 0.3) is 0 Å². The molecule has 1 rings (SSSR count). The van der Waals surface area contributed by atoms with Crippen LogP contribution in [0.3, 0.4) is 0 Å². The third-order valence-electron chi connectivity index (χ3n) is 2.01.